The fourth-order valence-electron chi connectivity index (χ4n) is 3.83. The van der Waals surface area contributed by atoms with E-state index in [0.29, 0.717) is 6.54 Å². The van der Waals surface area contributed by atoms with E-state index in [1.807, 2.05) is 18.2 Å². The number of likely N-dealkylation sites (tertiary alicyclic amines) is 1. The Morgan fingerprint density at radius 3 is 2.38 bits per heavy atom. The molecular formula is C18H29N3O2S. The molecule has 1 aliphatic heterocycles. The van der Waals surface area contributed by atoms with Gasteiger partial charge in [-0.3, -0.25) is 4.90 Å². The molecule has 24 heavy (non-hydrogen) atoms. The summed E-state index contributed by atoms with van der Waals surface area (Å²) in [4.78, 5) is 2.42. The molecule has 134 valence electrons. The number of nitrogens with zero attached hydrogens (tertiary/aromatic N) is 1. The normalized spacial score (nSPS) is 21.3. The first-order chi connectivity index (χ1) is 11.6. The predicted octanol–water partition coefficient (Wildman–Crippen LogP) is 2.06. The zero-order valence-electron chi connectivity index (χ0n) is 14.3. The highest BCUT2D eigenvalue weighted by molar-refractivity contribution is 7.87. The monoisotopic (exact) mass is 351 g/mol. The SMILES string of the molecule is O=S(=O)(NCC(Cc1ccccc1)N1CCCC1)NC1CCCC1. The summed E-state index contributed by atoms with van der Waals surface area (Å²) < 4.78 is 30.2. The molecule has 0 bridgehead atoms. The molecule has 1 heterocycles. The Morgan fingerprint density at radius 1 is 1.04 bits per heavy atom. The van der Waals surface area contributed by atoms with Crippen LogP contribution in [0.4, 0.5) is 0 Å². The first kappa shape index (κ1) is 17.9. The van der Waals surface area contributed by atoms with Gasteiger partial charge in [0.15, 0.2) is 0 Å². The first-order valence-corrected chi connectivity index (χ1v) is 10.7. The molecule has 1 aromatic rings. The molecular weight excluding hydrogens is 322 g/mol. The summed E-state index contributed by atoms with van der Waals surface area (Å²) in [5, 5.41) is 0. The fourth-order valence-corrected chi connectivity index (χ4v) is 5.00. The molecule has 1 unspecified atom stereocenters. The minimum absolute atomic E-state index is 0.113. The maximum absolute atomic E-state index is 12.3. The lowest BCUT2D eigenvalue weighted by Gasteiger charge is -2.28. The lowest BCUT2D eigenvalue weighted by Crippen LogP contribution is -2.48. The minimum atomic E-state index is -3.41. The molecule has 2 fully saturated rings. The third-order valence-corrected chi connectivity index (χ3v) is 6.35. The van der Waals surface area contributed by atoms with E-state index in [9.17, 15) is 8.42 Å². The first-order valence-electron chi connectivity index (χ1n) is 9.17. The number of rotatable bonds is 8. The Hall–Kier alpha value is -0.950. The van der Waals surface area contributed by atoms with Gasteiger partial charge in [-0.05, 0) is 50.8 Å². The molecule has 1 saturated heterocycles. The van der Waals surface area contributed by atoms with Crippen LogP contribution in [0.5, 0.6) is 0 Å². The van der Waals surface area contributed by atoms with Gasteiger partial charge in [0.25, 0.3) is 10.2 Å². The smallest absolute Gasteiger partial charge is 0.277 e. The summed E-state index contributed by atoms with van der Waals surface area (Å²) in [7, 11) is -3.41. The number of benzene rings is 1. The van der Waals surface area contributed by atoms with Crippen LogP contribution in [-0.2, 0) is 16.6 Å². The highest BCUT2D eigenvalue weighted by atomic mass is 32.2. The summed E-state index contributed by atoms with van der Waals surface area (Å²) in [5.74, 6) is 0. The van der Waals surface area contributed by atoms with Gasteiger partial charge in [0, 0.05) is 18.6 Å². The van der Waals surface area contributed by atoms with Crippen molar-refractivity contribution in [1.29, 1.82) is 0 Å². The van der Waals surface area contributed by atoms with Crippen molar-refractivity contribution in [3.8, 4) is 0 Å². The minimum Gasteiger partial charge on any atom is -0.299 e. The second-order valence-electron chi connectivity index (χ2n) is 7.04. The largest absolute Gasteiger partial charge is 0.299 e. The maximum atomic E-state index is 12.3. The van der Waals surface area contributed by atoms with Gasteiger partial charge >= 0.3 is 0 Å². The van der Waals surface area contributed by atoms with Crippen LogP contribution in [0.2, 0.25) is 0 Å². The van der Waals surface area contributed by atoms with Crippen LogP contribution in [0.3, 0.4) is 0 Å². The predicted molar refractivity (Wildman–Crippen MR) is 97.1 cm³/mol. The van der Waals surface area contributed by atoms with E-state index in [-0.39, 0.29) is 12.1 Å². The van der Waals surface area contributed by atoms with Gasteiger partial charge in [0.05, 0.1) is 0 Å². The summed E-state index contributed by atoms with van der Waals surface area (Å²) in [6.07, 6.45) is 7.46. The van der Waals surface area contributed by atoms with Gasteiger partial charge in [0.1, 0.15) is 0 Å². The van der Waals surface area contributed by atoms with Gasteiger partial charge in [-0.25, -0.2) is 4.72 Å². The molecule has 0 spiro atoms. The highest BCUT2D eigenvalue weighted by Gasteiger charge is 2.25. The zero-order chi connectivity index (χ0) is 16.8. The van der Waals surface area contributed by atoms with E-state index in [0.717, 1.165) is 45.2 Å². The van der Waals surface area contributed by atoms with E-state index in [4.69, 9.17) is 0 Å². The Balaban J connectivity index is 1.58. The van der Waals surface area contributed by atoms with Crippen LogP contribution in [0, 0.1) is 0 Å². The molecule has 1 atom stereocenters. The molecule has 1 aromatic carbocycles. The van der Waals surface area contributed by atoms with Crippen molar-refractivity contribution < 1.29 is 8.42 Å². The van der Waals surface area contributed by atoms with Crippen LogP contribution < -0.4 is 9.44 Å². The Bertz CT molecular complexity index is 594. The molecule has 2 aliphatic rings. The molecule has 0 amide bonds. The summed E-state index contributed by atoms with van der Waals surface area (Å²) in [5.41, 5.74) is 1.26. The van der Waals surface area contributed by atoms with Crippen LogP contribution in [0.1, 0.15) is 44.1 Å². The van der Waals surface area contributed by atoms with Crippen LogP contribution in [-0.4, -0.2) is 45.0 Å². The Labute approximate surface area is 146 Å². The van der Waals surface area contributed by atoms with Gasteiger partial charge in [-0.1, -0.05) is 43.2 Å². The molecule has 0 aromatic heterocycles. The van der Waals surface area contributed by atoms with E-state index >= 15 is 0 Å². The van der Waals surface area contributed by atoms with Gasteiger partial charge in [0.2, 0.25) is 0 Å². The van der Waals surface area contributed by atoms with Gasteiger partial charge in [-0.2, -0.15) is 13.1 Å². The van der Waals surface area contributed by atoms with Crippen molar-refractivity contribution >= 4 is 10.2 Å². The second-order valence-corrected chi connectivity index (χ2v) is 8.57. The summed E-state index contributed by atoms with van der Waals surface area (Å²) >= 11 is 0. The number of nitrogens with one attached hydrogen (secondary N) is 2. The summed E-state index contributed by atoms with van der Waals surface area (Å²) in [6.45, 7) is 2.60. The second kappa shape index (κ2) is 8.43. The van der Waals surface area contributed by atoms with Crippen LogP contribution >= 0.6 is 0 Å². The van der Waals surface area contributed by atoms with Crippen molar-refractivity contribution in [3.05, 3.63) is 35.9 Å². The maximum Gasteiger partial charge on any atom is 0.277 e. The number of hydrogen-bond donors (Lipinski definition) is 2. The average molecular weight is 352 g/mol. The van der Waals surface area contributed by atoms with Crippen molar-refractivity contribution in [2.24, 2.45) is 0 Å². The van der Waals surface area contributed by atoms with Gasteiger partial charge in [-0.15, -0.1) is 0 Å². The standard InChI is InChI=1S/C18H29N3O2S/c22-24(23,20-17-10-4-5-11-17)19-15-18(21-12-6-7-13-21)14-16-8-2-1-3-9-16/h1-3,8-9,17-20H,4-7,10-15H2. The lowest BCUT2D eigenvalue weighted by molar-refractivity contribution is 0.241. The molecule has 0 radical (unpaired) electrons. The molecule has 2 N–H and O–H groups in total. The van der Waals surface area contributed by atoms with Crippen molar-refractivity contribution in [2.45, 2.75) is 57.0 Å². The average Bonchev–Trinajstić information content (AvgIpc) is 3.25. The zero-order valence-corrected chi connectivity index (χ0v) is 15.1. The third kappa shape index (κ3) is 5.28. The van der Waals surface area contributed by atoms with E-state index in [2.05, 4.69) is 26.5 Å². The van der Waals surface area contributed by atoms with Crippen LogP contribution in [0.15, 0.2) is 30.3 Å². The van der Waals surface area contributed by atoms with E-state index in [1.54, 1.807) is 0 Å². The van der Waals surface area contributed by atoms with E-state index < -0.39 is 10.2 Å². The Kier molecular flexibility index (Phi) is 6.27. The topological polar surface area (TPSA) is 61.4 Å². The van der Waals surface area contributed by atoms with Crippen molar-refractivity contribution in [1.82, 2.24) is 14.3 Å². The number of hydrogen-bond acceptors (Lipinski definition) is 3. The molecule has 5 nitrogen and oxygen atoms in total. The van der Waals surface area contributed by atoms with Gasteiger partial charge < -0.3 is 0 Å². The quantitative estimate of drug-likeness (QED) is 0.754. The molecule has 6 heteroatoms. The third-order valence-electron chi connectivity index (χ3n) is 5.16. The van der Waals surface area contributed by atoms with Crippen molar-refractivity contribution in [2.75, 3.05) is 19.6 Å². The molecule has 1 aliphatic carbocycles. The van der Waals surface area contributed by atoms with Crippen molar-refractivity contribution in [3.63, 3.8) is 0 Å². The fraction of sp³-hybridized carbons (Fsp3) is 0.667. The van der Waals surface area contributed by atoms with Crippen LogP contribution in [0.25, 0.3) is 0 Å². The highest BCUT2D eigenvalue weighted by Crippen LogP contribution is 2.18. The summed E-state index contributed by atoms with van der Waals surface area (Å²) in [6, 6.07) is 10.7. The Morgan fingerprint density at radius 2 is 1.71 bits per heavy atom. The van der Waals surface area contributed by atoms with E-state index in [1.165, 1.54) is 18.4 Å². The molecule has 1 saturated carbocycles. The lowest BCUT2D eigenvalue weighted by atomic mass is 10.1. The molecule has 3 rings (SSSR count).